The van der Waals surface area contributed by atoms with E-state index < -0.39 is 11.9 Å². The number of benzene rings is 1. The molecule has 19 heavy (non-hydrogen) atoms. The molecule has 0 aliphatic heterocycles. The number of carbonyl (C=O) groups is 2. The number of rotatable bonds is 4. The molecule has 0 atom stereocenters. The zero-order valence-electron chi connectivity index (χ0n) is 10.8. The Morgan fingerprint density at radius 3 is 2.37 bits per heavy atom. The van der Waals surface area contributed by atoms with Crippen LogP contribution >= 0.6 is 15.9 Å². The molecule has 0 aliphatic carbocycles. The largest absolute Gasteiger partial charge is 0.497 e. The molecule has 0 saturated carbocycles. The summed E-state index contributed by atoms with van der Waals surface area (Å²) in [7, 11) is 1.52. The van der Waals surface area contributed by atoms with Gasteiger partial charge in [0, 0.05) is 27.4 Å². The van der Waals surface area contributed by atoms with Crippen LogP contribution in [0.2, 0.25) is 0 Å². The molecule has 0 unspecified atom stereocenters. The van der Waals surface area contributed by atoms with Gasteiger partial charge < -0.3 is 15.2 Å². The van der Waals surface area contributed by atoms with Gasteiger partial charge in [0.25, 0.3) is 5.91 Å². The van der Waals surface area contributed by atoms with E-state index >= 15 is 0 Å². The summed E-state index contributed by atoms with van der Waals surface area (Å²) in [6, 6.07) is 5.09. The zero-order valence-corrected chi connectivity index (χ0v) is 12.4. The van der Waals surface area contributed by atoms with Gasteiger partial charge in [0.05, 0.1) is 7.11 Å². The van der Waals surface area contributed by atoms with Crippen molar-refractivity contribution < 1.29 is 19.4 Å². The van der Waals surface area contributed by atoms with Gasteiger partial charge in [-0.3, -0.25) is 4.79 Å². The van der Waals surface area contributed by atoms with E-state index in [0.717, 1.165) is 4.47 Å². The van der Waals surface area contributed by atoms with Crippen molar-refractivity contribution in [3.8, 4) is 5.75 Å². The summed E-state index contributed by atoms with van der Waals surface area (Å²) < 4.78 is 5.82. The van der Waals surface area contributed by atoms with Gasteiger partial charge in [0.1, 0.15) is 5.75 Å². The van der Waals surface area contributed by atoms with Crippen LogP contribution in [0.25, 0.3) is 0 Å². The van der Waals surface area contributed by atoms with Crippen molar-refractivity contribution in [2.75, 3.05) is 12.4 Å². The topological polar surface area (TPSA) is 75.6 Å². The Bertz CT molecular complexity index is 552. The van der Waals surface area contributed by atoms with Crippen molar-refractivity contribution >= 4 is 33.5 Å². The number of amides is 1. The second kappa shape index (κ2) is 6.38. The summed E-state index contributed by atoms with van der Waals surface area (Å²) in [5.41, 5.74) is 0.694. The summed E-state index contributed by atoms with van der Waals surface area (Å²) >= 11 is 3.30. The molecular weight excluding hydrogens is 314 g/mol. The Balaban J connectivity index is 2.97. The van der Waals surface area contributed by atoms with Crippen molar-refractivity contribution in [1.82, 2.24) is 0 Å². The highest BCUT2D eigenvalue weighted by atomic mass is 79.9. The maximum Gasteiger partial charge on any atom is 0.331 e. The van der Waals surface area contributed by atoms with Crippen LogP contribution in [-0.4, -0.2) is 24.1 Å². The maximum absolute atomic E-state index is 11.9. The van der Waals surface area contributed by atoms with E-state index in [9.17, 15) is 9.59 Å². The normalized spacial score (nSPS) is 11.6. The van der Waals surface area contributed by atoms with Crippen LogP contribution in [0.4, 0.5) is 5.69 Å². The fourth-order valence-electron chi connectivity index (χ4n) is 1.31. The van der Waals surface area contributed by atoms with Crippen LogP contribution in [0.5, 0.6) is 5.75 Å². The van der Waals surface area contributed by atoms with Gasteiger partial charge in [-0.15, -0.1) is 0 Å². The van der Waals surface area contributed by atoms with Crippen molar-refractivity contribution in [2.45, 2.75) is 13.8 Å². The van der Waals surface area contributed by atoms with E-state index in [-0.39, 0.29) is 11.1 Å². The molecule has 0 aromatic heterocycles. The first-order valence-electron chi connectivity index (χ1n) is 5.42. The minimum Gasteiger partial charge on any atom is -0.497 e. The third-order valence-electron chi connectivity index (χ3n) is 2.59. The lowest BCUT2D eigenvalue weighted by atomic mass is 10.1. The zero-order chi connectivity index (χ0) is 14.6. The van der Waals surface area contributed by atoms with Gasteiger partial charge in [-0.1, -0.05) is 15.9 Å². The monoisotopic (exact) mass is 327 g/mol. The Kier molecular flexibility index (Phi) is 5.11. The lowest BCUT2D eigenvalue weighted by Gasteiger charge is -2.09. The van der Waals surface area contributed by atoms with Crippen LogP contribution in [0.3, 0.4) is 0 Å². The standard InChI is InChI=1S/C13H14BrNO4/c1-7(8(2)13(17)18)12(16)15-10-4-9(14)5-11(6-10)19-3/h4-6H,1-3H3,(H,15,16)(H,17,18)/b8-7-. The second-order valence-corrected chi connectivity index (χ2v) is 4.80. The molecule has 1 aromatic carbocycles. The summed E-state index contributed by atoms with van der Waals surface area (Å²) in [6.07, 6.45) is 0. The molecule has 6 heteroatoms. The number of methoxy groups -OCH3 is 1. The van der Waals surface area contributed by atoms with Gasteiger partial charge in [0.2, 0.25) is 0 Å². The Labute approximate surface area is 119 Å². The summed E-state index contributed by atoms with van der Waals surface area (Å²) in [5, 5.41) is 11.5. The number of ether oxygens (including phenoxy) is 1. The number of carboxylic acids is 1. The Morgan fingerprint density at radius 2 is 1.84 bits per heavy atom. The second-order valence-electron chi connectivity index (χ2n) is 3.89. The van der Waals surface area contributed by atoms with Crippen LogP contribution in [0.1, 0.15) is 13.8 Å². The van der Waals surface area contributed by atoms with E-state index in [0.29, 0.717) is 11.4 Å². The number of hydrogen-bond acceptors (Lipinski definition) is 3. The minimum absolute atomic E-state index is 0.0134. The SMILES string of the molecule is COc1cc(Br)cc(NC(=O)/C(C)=C(/C)C(=O)O)c1. The van der Waals surface area contributed by atoms with Gasteiger partial charge in [0.15, 0.2) is 0 Å². The average Bonchev–Trinajstić information content (AvgIpc) is 2.35. The van der Waals surface area contributed by atoms with E-state index in [1.54, 1.807) is 18.2 Å². The van der Waals surface area contributed by atoms with Crippen molar-refractivity contribution in [1.29, 1.82) is 0 Å². The van der Waals surface area contributed by atoms with E-state index in [1.165, 1.54) is 21.0 Å². The maximum atomic E-state index is 11.9. The van der Waals surface area contributed by atoms with Gasteiger partial charge in [-0.2, -0.15) is 0 Å². The van der Waals surface area contributed by atoms with Gasteiger partial charge >= 0.3 is 5.97 Å². The molecule has 1 rings (SSSR count). The average molecular weight is 328 g/mol. The van der Waals surface area contributed by atoms with Crippen molar-refractivity contribution in [2.24, 2.45) is 0 Å². The first-order chi connectivity index (χ1) is 8.85. The van der Waals surface area contributed by atoms with Gasteiger partial charge in [-0.25, -0.2) is 4.79 Å². The number of carbonyl (C=O) groups excluding carboxylic acids is 1. The fraction of sp³-hybridized carbons (Fsp3) is 0.231. The van der Waals surface area contributed by atoms with Crippen LogP contribution in [0, 0.1) is 0 Å². The number of anilines is 1. The van der Waals surface area contributed by atoms with Crippen molar-refractivity contribution in [3.63, 3.8) is 0 Å². The molecule has 102 valence electrons. The quantitative estimate of drug-likeness (QED) is 0.834. The van der Waals surface area contributed by atoms with E-state index in [1.807, 2.05) is 0 Å². The molecule has 1 amide bonds. The smallest absolute Gasteiger partial charge is 0.331 e. The number of carboxylic acid groups (broad SMARTS) is 1. The van der Waals surface area contributed by atoms with Gasteiger partial charge in [-0.05, 0) is 26.0 Å². The third-order valence-corrected chi connectivity index (χ3v) is 3.05. The Hall–Kier alpha value is -1.82. The molecule has 0 aliphatic rings. The minimum atomic E-state index is -1.11. The number of nitrogens with one attached hydrogen (secondary N) is 1. The van der Waals surface area contributed by atoms with Crippen LogP contribution in [-0.2, 0) is 9.59 Å². The first-order valence-corrected chi connectivity index (χ1v) is 6.21. The molecule has 1 aromatic rings. The lowest BCUT2D eigenvalue weighted by Crippen LogP contribution is -2.16. The lowest BCUT2D eigenvalue weighted by molar-refractivity contribution is -0.133. The number of hydrogen-bond donors (Lipinski definition) is 2. The summed E-state index contributed by atoms with van der Waals surface area (Å²) in [4.78, 5) is 22.7. The van der Waals surface area contributed by atoms with E-state index in [4.69, 9.17) is 9.84 Å². The molecule has 5 nitrogen and oxygen atoms in total. The number of halogens is 1. The van der Waals surface area contributed by atoms with Crippen LogP contribution in [0.15, 0.2) is 33.8 Å². The Morgan fingerprint density at radius 1 is 1.21 bits per heavy atom. The van der Waals surface area contributed by atoms with Crippen molar-refractivity contribution in [3.05, 3.63) is 33.8 Å². The molecule has 2 N–H and O–H groups in total. The molecule has 0 saturated heterocycles. The molecule has 0 spiro atoms. The fourth-order valence-corrected chi connectivity index (χ4v) is 1.78. The molecular formula is C13H14BrNO4. The highest BCUT2D eigenvalue weighted by Crippen LogP contribution is 2.24. The predicted molar refractivity (Wildman–Crippen MR) is 75.3 cm³/mol. The highest BCUT2D eigenvalue weighted by Gasteiger charge is 2.13. The van der Waals surface area contributed by atoms with Crippen LogP contribution < -0.4 is 10.1 Å². The highest BCUT2D eigenvalue weighted by molar-refractivity contribution is 9.10. The first kappa shape index (κ1) is 15.2. The molecule has 0 radical (unpaired) electrons. The van der Waals surface area contributed by atoms with E-state index in [2.05, 4.69) is 21.2 Å². The predicted octanol–water partition coefficient (Wildman–Crippen LogP) is 2.82. The molecule has 0 heterocycles. The summed E-state index contributed by atoms with van der Waals surface area (Å²) in [6.45, 7) is 2.85. The molecule has 0 bridgehead atoms. The third kappa shape index (κ3) is 4.10. The summed E-state index contributed by atoms with van der Waals surface area (Å²) in [5.74, 6) is -0.985. The number of aliphatic carboxylic acids is 1. The molecule has 0 fully saturated rings.